The molecule has 2 aromatic carbocycles. The molecule has 1 heterocycles. The van der Waals surface area contributed by atoms with Crippen LogP contribution in [0.1, 0.15) is 29.4 Å². The summed E-state index contributed by atoms with van der Waals surface area (Å²) in [5.41, 5.74) is 5.87. The van der Waals surface area contributed by atoms with Gasteiger partial charge in [0.1, 0.15) is 0 Å². The Kier molecular flexibility index (Phi) is 6.52. The van der Waals surface area contributed by atoms with Crippen LogP contribution in [0.5, 0.6) is 0 Å². The summed E-state index contributed by atoms with van der Waals surface area (Å²) < 4.78 is 2.17. The molecular formula is C25H27N3O2. The molecule has 0 aliphatic heterocycles. The minimum Gasteiger partial charge on any atom is -0.342 e. The normalized spacial score (nSPS) is 10.9. The third-order valence-corrected chi connectivity index (χ3v) is 5.12. The Hall–Kier alpha value is -3.60. The Morgan fingerprint density at radius 1 is 1.03 bits per heavy atom. The van der Waals surface area contributed by atoms with Gasteiger partial charge in [-0.3, -0.25) is 9.59 Å². The number of carbonyl (C=O) groups is 2. The highest BCUT2D eigenvalue weighted by molar-refractivity contribution is 6.02. The smallest absolute Gasteiger partial charge is 0.248 e. The van der Waals surface area contributed by atoms with Crippen molar-refractivity contribution in [2.24, 2.45) is 0 Å². The topological polar surface area (TPSA) is 54.3 Å². The molecule has 0 spiro atoms. The second-order valence-electron chi connectivity index (χ2n) is 7.35. The maximum absolute atomic E-state index is 12.5. The molecule has 0 aliphatic rings. The summed E-state index contributed by atoms with van der Waals surface area (Å²) in [7, 11) is 1.74. The Balaban J connectivity index is 1.76. The number of para-hydroxylation sites is 2. The zero-order chi connectivity index (χ0) is 21.7. The molecule has 0 aliphatic carbocycles. The van der Waals surface area contributed by atoms with E-state index in [9.17, 15) is 9.59 Å². The Morgan fingerprint density at radius 2 is 1.70 bits per heavy atom. The van der Waals surface area contributed by atoms with Gasteiger partial charge in [-0.05, 0) is 55.3 Å². The van der Waals surface area contributed by atoms with Crippen LogP contribution < -0.4 is 5.32 Å². The predicted octanol–water partition coefficient (Wildman–Crippen LogP) is 4.72. The SMILES string of the molecule is CC(=O)N(C)Cc1ccccc1NC(=O)/C=C/c1cc(C)n(-c2ccccc2)c1C. The first-order valence-electron chi connectivity index (χ1n) is 9.90. The molecule has 5 nitrogen and oxygen atoms in total. The third kappa shape index (κ3) is 4.87. The van der Waals surface area contributed by atoms with Crippen LogP contribution in [0.4, 0.5) is 5.69 Å². The Bertz CT molecular complexity index is 1080. The number of hydrogen-bond donors (Lipinski definition) is 1. The van der Waals surface area contributed by atoms with Gasteiger partial charge in [-0.15, -0.1) is 0 Å². The van der Waals surface area contributed by atoms with Crippen molar-refractivity contribution in [1.29, 1.82) is 0 Å². The molecular weight excluding hydrogens is 374 g/mol. The number of aromatic nitrogens is 1. The Labute approximate surface area is 177 Å². The van der Waals surface area contributed by atoms with E-state index < -0.39 is 0 Å². The van der Waals surface area contributed by atoms with Crippen LogP contribution in [0.25, 0.3) is 11.8 Å². The molecule has 0 bridgehead atoms. The van der Waals surface area contributed by atoms with Crippen molar-refractivity contribution in [3.8, 4) is 5.69 Å². The van der Waals surface area contributed by atoms with Crippen LogP contribution in [0.2, 0.25) is 0 Å². The molecule has 0 fully saturated rings. The van der Waals surface area contributed by atoms with E-state index in [1.54, 1.807) is 18.0 Å². The van der Waals surface area contributed by atoms with Crippen molar-refractivity contribution in [1.82, 2.24) is 9.47 Å². The van der Waals surface area contributed by atoms with Gasteiger partial charge < -0.3 is 14.8 Å². The van der Waals surface area contributed by atoms with Crippen LogP contribution in [-0.4, -0.2) is 28.3 Å². The molecule has 0 saturated heterocycles. The summed E-state index contributed by atoms with van der Waals surface area (Å²) in [6, 6.07) is 19.7. The summed E-state index contributed by atoms with van der Waals surface area (Å²) in [5, 5.41) is 2.93. The Morgan fingerprint density at radius 3 is 2.40 bits per heavy atom. The molecule has 3 aromatic rings. The van der Waals surface area contributed by atoms with Gasteiger partial charge in [0.15, 0.2) is 0 Å². The molecule has 0 saturated carbocycles. The number of nitrogens with zero attached hydrogens (tertiary/aromatic N) is 2. The molecule has 30 heavy (non-hydrogen) atoms. The van der Waals surface area contributed by atoms with Gasteiger partial charge >= 0.3 is 0 Å². The monoisotopic (exact) mass is 401 g/mol. The number of aryl methyl sites for hydroxylation is 1. The number of nitrogens with one attached hydrogen (secondary N) is 1. The molecule has 5 heteroatoms. The highest BCUT2D eigenvalue weighted by atomic mass is 16.2. The van der Waals surface area contributed by atoms with Crippen molar-refractivity contribution in [3.63, 3.8) is 0 Å². The van der Waals surface area contributed by atoms with Gasteiger partial charge in [-0.1, -0.05) is 36.4 Å². The lowest BCUT2D eigenvalue weighted by Gasteiger charge is -2.17. The number of benzene rings is 2. The second-order valence-corrected chi connectivity index (χ2v) is 7.35. The van der Waals surface area contributed by atoms with Crippen molar-refractivity contribution >= 4 is 23.6 Å². The van der Waals surface area contributed by atoms with E-state index in [4.69, 9.17) is 0 Å². The van der Waals surface area contributed by atoms with Crippen molar-refractivity contribution in [2.75, 3.05) is 12.4 Å². The first-order chi connectivity index (χ1) is 14.4. The lowest BCUT2D eigenvalue weighted by Crippen LogP contribution is -2.24. The summed E-state index contributed by atoms with van der Waals surface area (Å²) in [6.45, 7) is 6.06. The van der Waals surface area contributed by atoms with Crippen LogP contribution in [0.3, 0.4) is 0 Å². The minimum absolute atomic E-state index is 0.0233. The first kappa shape index (κ1) is 21.1. The lowest BCUT2D eigenvalue weighted by molar-refractivity contribution is -0.128. The highest BCUT2D eigenvalue weighted by Crippen LogP contribution is 2.22. The van der Waals surface area contributed by atoms with E-state index in [0.717, 1.165) is 28.2 Å². The fourth-order valence-electron chi connectivity index (χ4n) is 3.42. The maximum Gasteiger partial charge on any atom is 0.248 e. The zero-order valence-electron chi connectivity index (χ0n) is 17.8. The summed E-state index contributed by atoms with van der Waals surface area (Å²) in [4.78, 5) is 25.7. The molecule has 2 amide bonds. The minimum atomic E-state index is -0.211. The van der Waals surface area contributed by atoms with Crippen molar-refractivity contribution in [2.45, 2.75) is 27.3 Å². The van der Waals surface area contributed by atoms with E-state index in [-0.39, 0.29) is 11.8 Å². The van der Waals surface area contributed by atoms with Crippen LogP contribution >= 0.6 is 0 Å². The first-order valence-corrected chi connectivity index (χ1v) is 9.90. The molecule has 1 N–H and O–H groups in total. The van der Waals surface area contributed by atoms with E-state index in [1.165, 1.54) is 6.92 Å². The third-order valence-electron chi connectivity index (χ3n) is 5.12. The van der Waals surface area contributed by atoms with Gasteiger partial charge in [-0.2, -0.15) is 0 Å². The largest absolute Gasteiger partial charge is 0.342 e. The van der Waals surface area contributed by atoms with E-state index in [2.05, 4.69) is 35.0 Å². The average molecular weight is 402 g/mol. The molecule has 1 aromatic heterocycles. The molecule has 0 radical (unpaired) electrons. The number of amides is 2. The summed E-state index contributed by atoms with van der Waals surface area (Å²) in [5.74, 6) is -0.234. The average Bonchev–Trinajstić information content (AvgIpc) is 3.01. The summed E-state index contributed by atoms with van der Waals surface area (Å²) >= 11 is 0. The standard InChI is InChI=1S/C25H27N3O2/c1-18-16-21(19(2)28(18)23-11-6-5-7-12-23)14-15-25(30)26-24-13-9-8-10-22(24)17-27(4)20(3)29/h5-16H,17H2,1-4H3,(H,26,30)/b15-14+. The van der Waals surface area contributed by atoms with Gasteiger partial charge in [-0.25, -0.2) is 0 Å². The number of anilines is 1. The fourth-order valence-corrected chi connectivity index (χ4v) is 3.42. The van der Waals surface area contributed by atoms with Crippen LogP contribution in [-0.2, 0) is 16.1 Å². The second kappa shape index (κ2) is 9.27. The van der Waals surface area contributed by atoms with E-state index in [1.807, 2.05) is 55.5 Å². The summed E-state index contributed by atoms with van der Waals surface area (Å²) in [6.07, 6.45) is 3.38. The van der Waals surface area contributed by atoms with Gasteiger partial charge in [0, 0.05) is 49.4 Å². The van der Waals surface area contributed by atoms with E-state index >= 15 is 0 Å². The number of rotatable bonds is 6. The molecule has 0 atom stereocenters. The zero-order valence-corrected chi connectivity index (χ0v) is 17.8. The molecule has 154 valence electrons. The molecule has 3 rings (SSSR count). The fraction of sp³-hybridized carbons (Fsp3) is 0.200. The van der Waals surface area contributed by atoms with Crippen LogP contribution in [0, 0.1) is 13.8 Å². The maximum atomic E-state index is 12.5. The number of carbonyl (C=O) groups excluding carboxylic acids is 2. The molecule has 0 unspecified atom stereocenters. The van der Waals surface area contributed by atoms with Crippen molar-refractivity contribution in [3.05, 3.63) is 89.3 Å². The van der Waals surface area contributed by atoms with E-state index in [0.29, 0.717) is 12.2 Å². The predicted molar refractivity (Wildman–Crippen MR) is 121 cm³/mol. The quantitative estimate of drug-likeness (QED) is 0.608. The van der Waals surface area contributed by atoms with Gasteiger partial charge in [0.05, 0.1) is 0 Å². The number of hydrogen-bond acceptors (Lipinski definition) is 2. The van der Waals surface area contributed by atoms with Crippen molar-refractivity contribution < 1.29 is 9.59 Å². The van der Waals surface area contributed by atoms with Gasteiger partial charge in [0.2, 0.25) is 11.8 Å². The highest BCUT2D eigenvalue weighted by Gasteiger charge is 2.11. The van der Waals surface area contributed by atoms with Crippen LogP contribution in [0.15, 0.2) is 66.7 Å². The van der Waals surface area contributed by atoms with Gasteiger partial charge in [0.25, 0.3) is 0 Å². The lowest BCUT2D eigenvalue weighted by atomic mass is 10.1.